The van der Waals surface area contributed by atoms with Gasteiger partial charge in [-0.2, -0.15) is 18.4 Å². The van der Waals surface area contributed by atoms with Crippen LogP contribution in [-0.4, -0.2) is 65.9 Å². The first kappa shape index (κ1) is 41.4. The first-order valence-electron chi connectivity index (χ1n) is 19.4. The van der Waals surface area contributed by atoms with E-state index in [1.807, 2.05) is 36.2 Å². The fourth-order valence-electron chi connectivity index (χ4n) is 8.25. The molecule has 0 bridgehead atoms. The van der Waals surface area contributed by atoms with Crippen LogP contribution in [0.15, 0.2) is 77.4 Å². The Morgan fingerprint density at radius 2 is 1.82 bits per heavy atom. The molecule has 4 aromatic carbocycles. The van der Waals surface area contributed by atoms with Crippen LogP contribution in [0.3, 0.4) is 0 Å². The summed E-state index contributed by atoms with van der Waals surface area (Å²) < 4.78 is 68.4. The third-order valence-corrected chi connectivity index (χ3v) is 12.0. The summed E-state index contributed by atoms with van der Waals surface area (Å²) in [7, 11) is 1.84. The number of thiocarbonyl (C=S) groups is 1. The Labute approximate surface area is 352 Å². The average Bonchev–Trinajstić information content (AvgIpc) is 3.81. The van der Waals surface area contributed by atoms with Crippen LogP contribution in [-0.2, 0) is 25.4 Å². The van der Waals surface area contributed by atoms with Crippen LogP contribution >= 0.6 is 12.2 Å². The molecule has 0 unspecified atom stereocenters. The number of likely N-dealkylation sites (N-methyl/N-ethyl adjacent to an activating group) is 1. The van der Waals surface area contributed by atoms with Gasteiger partial charge < -0.3 is 24.3 Å². The van der Waals surface area contributed by atoms with Gasteiger partial charge in [0.25, 0.3) is 5.91 Å². The second-order valence-electron chi connectivity index (χ2n) is 16.1. The molecule has 1 saturated carbocycles. The molecular formula is C44H38F4N6O6S. The van der Waals surface area contributed by atoms with Crippen molar-refractivity contribution >= 4 is 79.8 Å². The van der Waals surface area contributed by atoms with E-state index in [2.05, 4.69) is 10.6 Å². The molecule has 4 amide bonds. The molecule has 2 saturated heterocycles. The normalized spacial score (nSPS) is 18.5. The molecular weight excluding hydrogens is 817 g/mol. The standard InChI is InChI=1S/C44H38F4N6O6S/c1-42(2)40(58)53(25-8-7-24(21-49)31(19-25)44(46,47)48)41(61)54(42)26-9-12-34(32(45)20-26)59-18-17-52(3)23-43(15-16-43)39(57)50-33-6-4-5-28-27(33)10-13-35-37(28)30(22-60-35)29-11-14-36(55)51-38(29)56/h4-10,12-13,19-20,22,29H,11,14-18,23H2,1-3H3,(H,50,57)(H,51,55,56)/t29-/m1/s1. The Morgan fingerprint density at radius 1 is 1.07 bits per heavy atom. The minimum absolute atomic E-state index is 0.0735. The molecule has 17 heteroatoms. The van der Waals surface area contributed by atoms with Crippen LogP contribution in [0.5, 0.6) is 5.75 Å². The number of amides is 4. The zero-order chi connectivity index (χ0) is 43.6. The first-order chi connectivity index (χ1) is 28.9. The summed E-state index contributed by atoms with van der Waals surface area (Å²) in [6.45, 7) is 3.87. The molecule has 5 aromatic rings. The maximum atomic E-state index is 15.6. The fraction of sp³-hybridized carbons (Fsp3) is 0.318. The lowest BCUT2D eigenvalue weighted by Crippen LogP contribution is -2.44. The van der Waals surface area contributed by atoms with Crippen molar-refractivity contribution in [3.63, 3.8) is 0 Å². The van der Waals surface area contributed by atoms with Gasteiger partial charge in [-0.05, 0) is 106 Å². The number of hydrogen-bond donors (Lipinski definition) is 2. The van der Waals surface area contributed by atoms with E-state index in [0.717, 1.165) is 33.2 Å². The van der Waals surface area contributed by atoms with Crippen molar-refractivity contribution in [2.75, 3.05) is 41.9 Å². The highest BCUT2D eigenvalue weighted by molar-refractivity contribution is 7.81. The summed E-state index contributed by atoms with van der Waals surface area (Å²) in [5, 5.41) is 16.9. The van der Waals surface area contributed by atoms with Crippen LogP contribution in [0.4, 0.5) is 34.6 Å². The number of carbonyl (C=O) groups excluding carboxylic acids is 4. The lowest BCUT2D eigenvalue weighted by molar-refractivity contribution is -0.138. The van der Waals surface area contributed by atoms with E-state index in [-0.39, 0.29) is 53.0 Å². The number of carbonyl (C=O) groups is 4. The van der Waals surface area contributed by atoms with E-state index < -0.39 is 45.9 Å². The van der Waals surface area contributed by atoms with Crippen molar-refractivity contribution in [1.82, 2.24) is 10.2 Å². The third-order valence-electron chi connectivity index (χ3n) is 11.7. The number of alkyl halides is 3. The average molecular weight is 855 g/mol. The highest BCUT2D eigenvalue weighted by atomic mass is 32.1. The maximum absolute atomic E-state index is 15.6. The zero-order valence-corrected chi connectivity index (χ0v) is 33.9. The van der Waals surface area contributed by atoms with Crippen molar-refractivity contribution in [3.05, 3.63) is 95.5 Å². The van der Waals surface area contributed by atoms with Gasteiger partial charge in [-0.25, -0.2) is 4.39 Å². The number of benzene rings is 4. The highest BCUT2D eigenvalue weighted by Crippen LogP contribution is 2.48. The van der Waals surface area contributed by atoms with Gasteiger partial charge in [0.15, 0.2) is 16.7 Å². The molecule has 1 aromatic heterocycles. The number of anilines is 3. The monoisotopic (exact) mass is 854 g/mol. The molecule has 314 valence electrons. The Bertz CT molecular complexity index is 2720. The number of ether oxygens (including phenoxy) is 1. The summed E-state index contributed by atoms with van der Waals surface area (Å²) in [5.74, 6) is -2.84. The lowest BCUT2D eigenvalue weighted by atomic mass is 9.88. The highest BCUT2D eigenvalue weighted by Gasteiger charge is 2.52. The Morgan fingerprint density at radius 3 is 2.51 bits per heavy atom. The Balaban J connectivity index is 0.906. The maximum Gasteiger partial charge on any atom is 0.417 e. The quantitative estimate of drug-likeness (QED) is 0.0767. The molecule has 1 aliphatic carbocycles. The zero-order valence-electron chi connectivity index (χ0n) is 33.1. The minimum Gasteiger partial charge on any atom is -0.489 e. The number of nitriles is 1. The molecule has 1 atom stereocenters. The number of piperidine rings is 1. The Kier molecular flexibility index (Phi) is 10.3. The second-order valence-corrected chi connectivity index (χ2v) is 16.5. The van der Waals surface area contributed by atoms with Crippen LogP contribution in [0.1, 0.15) is 62.1 Å². The number of fused-ring (bicyclic) bond motifs is 3. The van der Waals surface area contributed by atoms with E-state index >= 15 is 4.39 Å². The SMILES string of the molecule is CN(CCOc1ccc(N2C(=S)N(c3ccc(C#N)c(C(F)(F)F)c3)C(=O)C2(C)C)cc1F)CC1(C(=O)Nc2cccc3c2ccc2occ([C@H]4CCC(=O)NC4=O)c23)CC1. The van der Waals surface area contributed by atoms with Gasteiger partial charge in [-0.3, -0.25) is 29.4 Å². The van der Waals surface area contributed by atoms with Crippen molar-refractivity contribution < 1.29 is 45.9 Å². The van der Waals surface area contributed by atoms with Crippen molar-refractivity contribution in [2.45, 2.75) is 57.2 Å². The van der Waals surface area contributed by atoms with Gasteiger partial charge in [0.2, 0.25) is 17.7 Å². The van der Waals surface area contributed by atoms with Crippen LogP contribution in [0, 0.1) is 22.6 Å². The summed E-state index contributed by atoms with van der Waals surface area (Å²) in [6, 6.07) is 17.6. The number of nitrogens with one attached hydrogen (secondary N) is 2. The summed E-state index contributed by atoms with van der Waals surface area (Å²) in [5.41, 5.74) is -2.01. The third kappa shape index (κ3) is 7.44. The van der Waals surface area contributed by atoms with E-state index in [1.165, 1.54) is 43.0 Å². The Hall–Kier alpha value is -6.38. The number of halogens is 4. The number of hydrogen-bond acceptors (Lipinski definition) is 9. The van der Waals surface area contributed by atoms with Crippen molar-refractivity contribution in [1.29, 1.82) is 5.26 Å². The summed E-state index contributed by atoms with van der Waals surface area (Å²) in [4.78, 5) is 56.1. The number of imide groups is 1. The molecule has 3 heterocycles. The minimum atomic E-state index is -4.86. The predicted molar refractivity (Wildman–Crippen MR) is 221 cm³/mol. The first-order valence-corrected chi connectivity index (χ1v) is 19.8. The lowest BCUT2D eigenvalue weighted by Gasteiger charge is -2.29. The van der Waals surface area contributed by atoms with Gasteiger partial charge in [0, 0.05) is 53.3 Å². The van der Waals surface area contributed by atoms with E-state index in [4.69, 9.17) is 21.4 Å². The van der Waals surface area contributed by atoms with E-state index in [0.29, 0.717) is 55.3 Å². The van der Waals surface area contributed by atoms with Gasteiger partial charge in [-0.1, -0.05) is 12.1 Å². The van der Waals surface area contributed by atoms with Crippen molar-refractivity contribution in [3.8, 4) is 11.8 Å². The topological polar surface area (TPSA) is 148 Å². The smallest absolute Gasteiger partial charge is 0.417 e. The van der Waals surface area contributed by atoms with Crippen LogP contribution < -0.4 is 25.2 Å². The van der Waals surface area contributed by atoms with Crippen LogP contribution in [0.25, 0.3) is 21.7 Å². The molecule has 3 fully saturated rings. The van der Waals surface area contributed by atoms with Gasteiger partial charge in [-0.15, -0.1) is 0 Å². The summed E-state index contributed by atoms with van der Waals surface area (Å²) in [6.07, 6.45) is -1.37. The molecule has 2 N–H and O–H groups in total. The number of rotatable bonds is 11. The van der Waals surface area contributed by atoms with E-state index in [1.54, 1.807) is 12.3 Å². The van der Waals surface area contributed by atoms with E-state index in [9.17, 15) is 37.6 Å². The van der Waals surface area contributed by atoms with Crippen LogP contribution in [0.2, 0.25) is 0 Å². The fourth-order valence-corrected chi connectivity index (χ4v) is 8.77. The van der Waals surface area contributed by atoms with Gasteiger partial charge in [0.05, 0.1) is 40.5 Å². The molecule has 3 aliphatic rings. The van der Waals surface area contributed by atoms with Crippen molar-refractivity contribution in [2.24, 2.45) is 5.41 Å². The number of furan rings is 1. The molecule has 61 heavy (non-hydrogen) atoms. The molecule has 2 aliphatic heterocycles. The molecule has 12 nitrogen and oxygen atoms in total. The molecule has 8 rings (SSSR count). The largest absolute Gasteiger partial charge is 0.489 e. The van der Waals surface area contributed by atoms with Gasteiger partial charge >= 0.3 is 6.18 Å². The second kappa shape index (κ2) is 15.3. The number of nitrogens with zero attached hydrogens (tertiary/aromatic N) is 4. The van der Waals surface area contributed by atoms with Gasteiger partial charge in [0.1, 0.15) is 17.7 Å². The summed E-state index contributed by atoms with van der Waals surface area (Å²) >= 11 is 5.57. The molecule has 0 spiro atoms. The molecule has 0 radical (unpaired) electrons. The predicted octanol–water partition coefficient (Wildman–Crippen LogP) is 7.78.